The quantitative estimate of drug-likeness (QED) is 0.490. The zero-order chi connectivity index (χ0) is 22.9. The highest BCUT2D eigenvalue weighted by atomic mass is 16.6. The van der Waals surface area contributed by atoms with Crippen molar-refractivity contribution in [1.82, 2.24) is 10.6 Å². The zero-order valence-electron chi connectivity index (χ0n) is 19.5. The number of alkyl carbamates (subject to hydrolysis) is 1. The molecule has 2 heterocycles. The van der Waals surface area contributed by atoms with Crippen molar-refractivity contribution in [3.63, 3.8) is 0 Å². The van der Waals surface area contributed by atoms with Gasteiger partial charge in [-0.25, -0.2) is 4.79 Å². The van der Waals surface area contributed by atoms with Crippen LogP contribution in [-0.2, 0) is 23.8 Å². The first-order valence-corrected chi connectivity index (χ1v) is 10.8. The van der Waals surface area contributed by atoms with Gasteiger partial charge >= 0.3 is 12.1 Å². The number of cyclic esters (lactones) is 1. The van der Waals surface area contributed by atoms with Crippen molar-refractivity contribution in [1.29, 1.82) is 0 Å². The second-order valence-electron chi connectivity index (χ2n) is 9.66. The standard InChI is InChI=1S/C22H38N2O6/c1-12-9-21(6,28-8)10-13(2)17(25)14(3)19(26)29-16(5)22(7)18(15(4)23-11-12)24-20(27)30-22/h12-16,18,23H,9-11H2,1-8H3,(H,24,27)/t12-,13-,14?,15-,16-,18-,21-,22-/m1/s1. The number of nitrogens with one attached hydrogen (secondary N) is 2. The maximum absolute atomic E-state index is 12.9. The van der Waals surface area contributed by atoms with Crippen LogP contribution in [0.3, 0.4) is 0 Å². The Bertz CT molecular complexity index is 670. The Balaban J connectivity index is 2.36. The van der Waals surface area contributed by atoms with Crippen molar-refractivity contribution in [3.05, 3.63) is 0 Å². The Morgan fingerprint density at radius 2 is 1.67 bits per heavy atom. The van der Waals surface area contributed by atoms with Gasteiger partial charge in [0.15, 0.2) is 5.60 Å². The molecule has 0 bridgehead atoms. The first-order valence-electron chi connectivity index (χ1n) is 10.8. The number of carbonyl (C=O) groups excluding carboxylic acids is 3. The molecule has 0 radical (unpaired) electrons. The number of hydrogen-bond acceptors (Lipinski definition) is 7. The van der Waals surface area contributed by atoms with Crippen LogP contribution >= 0.6 is 0 Å². The number of hydrogen-bond donors (Lipinski definition) is 2. The van der Waals surface area contributed by atoms with E-state index in [-0.39, 0.29) is 23.7 Å². The van der Waals surface area contributed by atoms with E-state index in [1.165, 1.54) is 0 Å². The van der Waals surface area contributed by atoms with Gasteiger partial charge in [-0.1, -0.05) is 13.8 Å². The number of ether oxygens (including phenoxy) is 3. The molecule has 0 aromatic heterocycles. The Morgan fingerprint density at radius 3 is 2.27 bits per heavy atom. The molecule has 2 aliphatic heterocycles. The number of esters is 1. The Kier molecular flexibility index (Phi) is 7.56. The minimum Gasteiger partial charge on any atom is -0.458 e. The number of carbonyl (C=O) groups is 3. The third-order valence-corrected chi connectivity index (χ3v) is 6.87. The van der Waals surface area contributed by atoms with E-state index < -0.39 is 41.3 Å². The minimum atomic E-state index is -1.06. The van der Waals surface area contributed by atoms with E-state index in [0.29, 0.717) is 13.0 Å². The summed E-state index contributed by atoms with van der Waals surface area (Å²) in [7, 11) is 1.66. The van der Waals surface area contributed by atoms with Crippen LogP contribution in [0, 0.1) is 17.8 Å². The molecule has 30 heavy (non-hydrogen) atoms. The molecule has 2 N–H and O–H groups in total. The number of methoxy groups -OCH3 is 1. The van der Waals surface area contributed by atoms with E-state index >= 15 is 0 Å². The molecule has 0 aliphatic carbocycles. The topological polar surface area (TPSA) is 103 Å². The third-order valence-electron chi connectivity index (χ3n) is 6.87. The van der Waals surface area contributed by atoms with Gasteiger partial charge in [0.1, 0.15) is 17.8 Å². The van der Waals surface area contributed by atoms with E-state index in [4.69, 9.17) is 14.2 Å². The fourth-order valence-electron chi connectivity index (χ4n) is 4.77. The van der Waals surface area contributed by atoms with Gasteiger partial charge in [-0.15, -0.1) is 0 Å². The van der Waals surface area contributed by atoms with Crippen molar-refractivity contribution < 1.29 is 28.6 Å². The molecule has 0 saturated carbocycles. The molecule has 0 aromatic rings. The van der Waals surface area contributed by atoms with E-state index in [2.05, 4.69) is 17.6 Å². The summed E-state index contributed by atoms with van der Waals surface area (Å²) < 4.78 is 17.0. The summed E-state index contributed by atoms with van der Waals surface area (Å²) in [5.74, 6) is -1.78. The predicted octanol–water partition coefficient (Wildman–Crippen LogP) is 2.44. The van der Waals surface area contributed by atoms with Crippen molar-refractivity contribution in [3.8, 4) is 0 Å². The summed E-state index contributed by atoms with van der Waals surface area (Å²) in [5.41, 5.74) is -1.55. The summed E-state index contributed by atoms with van der Waals surface area (Å²) in [4.78, 5) is 37.7. The van der Waals surface area contributed by atoms with Crippen molar-refractivity contribution >= 4 is 17.8 Å². The molecule has 2 saturated heterocycles. The molecule has 8 heteroatoms. The van der Waals surface area contributed by atoms with Gasteiger partial charge in [-0.3, -0.25) is 9.59 Å². The lowest BCUT2D eigenvalue weighted by atomic mass is 9.81. The van der Waals surface area contributed by atoms with Crippen LogP contribution in [0.5, 0.6) is 0 Å². The molecule has 2 rings (SSSR count). The van der Waals surface area contributed by atoms with Crippen LogP contribution < -0.4 is 10.6 Å². The Hall–Kier alpha value is -1.67. The van der Waals surface area contributed by atoms with Gasteiger partial charge < -0.3 is 24.8 Å². The fourth-order valence-corrected chi connectivity index (χ4v) is 4.77. The lowest BCUT2D eigenvalue weighted by molar-refractivity contribution is -0.167. The average molecular weight is 427 g/mol. The molecule has 8 nitrogen and oxygen atoms in total. The second-order valence-corrected chi connectivity index (χ2v) is 9.66. The van der Waals surface area contributed by atoms with Crippen LogP contribution in [-0.4, -0.2) is 60.9 Å². The van der Waals surface area contributed by atoms with Crippen molar-refractivity contribution in [2.45, 2.75) is 90.7 Å². The molecular formula is C22H38N2O6. The molecule has 0 aromatic carbocycles. The summed E-state index contributed by atoms with van der Waals surface area (Å²) >= 11 is 0. The lowest BCUT2D eigenvalue weighted by Gasteiger charge is -2.37. The van der Waals surface area contributed by atoms with Gasteiger partial charge in [-0.2, -0.15) is 0 Å². The van der Waals surface area contributed by atoms with Gasteiger partial charge in [0.25, 0.3) is 0 Å². The average Bonchev–Trinajstić information content (AvgIpc) is 2.99. The normalized spacial score (nSPS) is 44.2. The monoisotopic (exact) mass is 426 g/mol. The first-order chi connectivity index (χ1) is 13.8. The van der Waals surface area contributed by atoms with Crippen LogP contribution in [0.2, 0.25) is 0 Å². The molecular weight excluding hydrogens is 388 g/mol. The SMILES string of the molecule is CO[C@]1(C)C[C@@H](C)CN[C@H](C)[C@H]2NC(=O)O[C@]2(C)[C@@H](C)OC(=O)C(C)C(=O)[C@H](C)C1. The molecule has 2 aliphatic rings. The highest BCUT2D eigenvalue weighted by molar-refractivity contribution is 5.99. The van der Waals surface area contributed by atoms with Crippen molar-refractivity contribution in [2.75, 3.05) is 13.7 Å². The van der Waals surface area contributed by atoms with E-state index in [1.807, 2.05) is 20.8 Å². The van der Waals surface area contributed by atoms with E-state index in [9.17, 15) is 14.4 Å². The van der Waals surface area contributed by atoms with Crippen molar-refractivity contribution in [2.24, 2.45) is 17.8 Å². The van der Waals surface area contributed by atoms with Gasteiger partial charge in [0.2, 0.25) is 0 Å². The smallest absolute Gasteiger partial charge is 0.408 e. The predicted molar refractivity (Wildman–Crippen MR) is 112 cm³/mol. The third kappa shape index (κ3) is 5.14. The second kappa shape index (κ2) is 9.22. The maximum atomic E-state index is 12.9. The fraction of sp³-hybridized carbons (Fsp3) is 0.864. The zero-order valence-corrected chi connectivity index (χ0v) is 19.5. The van der Waals surface area contributed by atoms with Crippen LogP contribution in [0.1, 0.15) is 61.3 Å². The molecule has 2 fully saturated rings. The number of amides is 1. The van der Waals surface area contributed by atoms with E-state index in [1.54, 1.807) is 27.9 Å². The maximum Gasteiger partial charge on any atom is 0.408 e. The van der Waals surface area contributed by atoms with Gasteiger partial charge in [0, 0.05) is 19.1 Å². The number of ketones is 1. The molecule has 1 unspecified atom stereocenters. The first kappa shape index (κ1) is 24.6. The number of rotatable bonds is 1. The summed E-state index contributed by atoms with van der Waals surface area (Å²) in [6, 6.07) is -0.522. The molecule has 0 spiro atoms. The van der Waals surface area contributed by atoms with E-state index in [0.717, 1.165) is 6.42 Å². The highest BCUT2D eigenvalue weighted by Crippen LogP contribution is 2.33. The molecule has 172 valence electrons. The Morgan fingerprint density at radius 1 is 1.03 bits per heavy atom. The highest BCUT2D eigenvalue weighted by Gasteiger charge is 2.53. The lowest BCUT2D eigenvalue weighted by Crippen LogP contribution is -2.59. The number of Topliss-reactive ketones (excluding diaryl/α,β-unsaturated/α-hetero) is 1. The molecule has 1 amide bonds. The Labute approximate surface area is 179 Å². The van der Waals surface area contributed by atoms with Crippen LogP contribution in [0.4, 0.5) is 4.79 Å². The molecule has 8 atom stereocenters. The van der Waals surface area contributed by atoms with Crippen LogP contribution in [0.15, 0.2) is 0 Å². The summed E-state index contributed by atoms with van der Waals surface area (Å²) in [6.07, 6.45) is 0.00365. The summed E-state index contributed by atoms with van der Waals surface area (Å²) in [6.45, 7) is 13.7. The number of fused-ring (bicyclic) bond motifs is 1. The van der Waals surface area contributed by atoms with Gasteiger partial charge in [0.05, 0.1) is 11.6 Å². The minimum absolute atomic E-state index is 0.123. The largest absolute Gasteiger partial charge is 0.458 e. The van der Waals surface area contributed by atoms with Gasteiger partial charge in [-0.05, 0) is 59.9 Å². The summed E-state index contributed by atoms with van der Waals surface area (Å²) in [5, 5.41) is 6.33. The van der Waals surface area contributed by atoms with Crippen LogP contribution in [0.25, 0.3) is 0 Å².